The van der Waals surface area contributed by atoms with Crippen molar-refractivity contribution < 1.29 is 19.8 Å². The summed E-state index contributed by atoms with van der Waals surface area (Å²) in [5, 5.41) is 21.1. The predicted octanol–water partition coefficient (Wildman–Crippen LogP) is 3.00. The molecule has 5 nitrogen and oxygen atoms in total. The molecule has 0 aliphatic rings. The summed E-state index contributed by atoms with van der Waals surface area (Å²) in [5.41, 5.74) is 0.238. The lowest BCUT2D eigenvalue weighted by Gasteiger charge is -2.09. The van der Waals surface area contributed by atoms with Gasteiger partial charge in [0.15, 0.2) is 0 Å². The van der Waals surface area contributed by atoms with E-state index in [4.69, 9.17) is 16.7 Å². The molecule has 2 rings (SSSR count). The van der Waals surface area contributed by atoms with Crippen LogP contribution in [-0.4, -0.2) is 22.1 Å². The Balaban J connectivity index is 2.32. The Bertz CT molecular complexity index is 685. The summed E-state index contributed by atoms with van der Waals surface area (Å²) in [5.74, 6) is -1.76. The zero-order valence-electron chi connectivity index (χ0n) is 10.1. The lowest BCUT2D eigenvalue weighted by atomic mass is 10.1. The summed E-state index contributed by atoms with van der Waals surface area (Å²) in [6.07, 6.45) is 0. The number of carboxylic acids is 1. The molecule has 102 valence electrons. The Morgan fingerprint density at radius 2 is 1.85 bits per heavy atom. The van der Waals surface area contributed by atoms with E-state index in [0.717, 1.165) is 0 Å². The number of amides is 1. The van der Waals surface area contributed by atoms with Gasteiger partial charge in [-0.25, -0.2) is 4.79 Å². The predicted molar refractivity (Wildman–Crippen MR) is 74.5 cm³/mol. The second-order valence-electron chi connectivity index (χ2n) is 4.00. The molecule has 6 heteroatoms. The number of halogens is 1. The quantitative estimate of drug-likeness (QED) is 0.811. The lowest BCUT2D eigenvalue weighted by Crippen LogP contribution is -2.14. The van der Waals surface area contributed by atoms with E-state index in [-0.39, 0.29) is 22.6 Å². The molecule has 0 bridgehead atoms. The van der Waals surface area contributed by atoms with Gasteiger partial charge in [0.2, 0.25) is 0 Å². The van der Waals surface area contributed by atoms with Crippen molar-refractivity contribution in [2.45, 2.75) is 0 Å². The minimum Gasteiger partial charge on any atom is -0.508 e. The van der Waals surface area contributed by atoms with Crippen LogP contribution in [0.3, 0.4) is 0 Å². The van der Waals surface area contributed by atoms with Crippen LogP contribution in [0.25, 0.3) is 0 Å². The molecule has 2 aromatic carbocycles. The number of carbonyl (C=O) groups excluding carboxylic acids is 1. The maximum absolute atomic E-state index is 12.0. The molecule has 2 aromatic rings. The Morgan fingerprint density at radius 3 is 2.50 bits per heavy atom. The average Bonchev–Trinajstić information content (AvgIpc) is 2.38. The van der Waals surface area contributed by atoms with E-state index < -0.39 is 11.9 Å². The second kappa shape index (κ2) is 5.63. The first kappa shape index (κ1) is 13.9. The van der Waals surface area contributed by atoms with E-state index in [9.17, 15) is 14.7 Å². The van der Waals surface area contributed by atoms with Crippen molar-refractivity contribution in [3.63, 3.8) is 0 Å². The van der Waals surface area contributed by atoms with Crippen molar-refractivity contribution in [2.75, 3.05) is 5.32 Å². The van der Waals surface area contributed by atoms with Crippen molar-refractivity contribution in [3.05, 3.63) is 58.6 Å². The zero-order chi connectivity index (χ0) is 14.7. The number of carbonyl (C=O) groups is 2. The van der Waals surface area contributed by atoms with Gasteiger partial charge >= 0.3 is 5.97 Å². The Labute approximate surface area is 119 Å². The highest BCUT2D eigenvalue weighted by molar-refractivity contribution is 6.31. The number of phenols is 1. The SMILES string of the molecule is O=C(Nc1cc(Cl)ccc1C(=O)O)c1cccc(O)c1. The molecule has 3 N–H and O–H groups in total. The van der Waals surface area contributed by atoms with Crippen LogP contribution in [0.15, 0.2) is 42.5 Å². The molecule has 0 heterocycles. The maximum atomic E-state index is 12.0. The minimum absolute atomic E-state index is 0.0535. The summed E-state index contributed by atoms with van der Waals surface area (Å²) >= 11 is 5.79. The van der Waals surface area contributed by atoms with Gasteiger partial charge in [0.25, 0.3) is 5.91 Å². The molecule has 0 saturated carbocycles. The number of anilines is 1. The third-order valence-electron chi connectivity index (χ3n) is 2.57. The molecule has 0 unspecified atom stereocenters. The van der Waals surface area contributed by atoms with E-state index in [2.05, 4.69) is 5.32 Å². The topological polar surface area (TPSA) is 86.6 Å². The summed E-state index contributed by atoms with van der Waals surface area (Å²) in [4.78, 5) is 23.1. The Morgan fingerprint density at radius 1 is 1.10 bits per heavy atom. The third-order valence-corrected chi connectivity index (χ3v) is 2.80. The van der Waals surface area contributed by atoms with E-state index in [0.29, 0.717) is 5.02 Å². The molecule has 0 atom stereocenters. The fourth-order valence-electron chi connectivity index (χ4n) is 1.65. The summed E-state index contributed by atoms with van der Waals surface area (Å²) < 4.78 is 0. The van der Waals surface area contributed by atoms with Crippen molar-refractivity contribution in [3.8, 4) is 5.75 Å². The van der Waals surface area contributed by atoms with Crippen LogP contribution in [0.4, 0.5) is 5.69 Å². The molecule has 0 aromatic heterocycles. The summed E-state index contributed by atoms with van der Waals surface area (Å²) in [6, 6.07) is 9.81. The van der Waals surface area contributed by atoms with Gasteiger partial charge in [-0.3, -0.25) is 4.79 Å². The smallest absolute Gasteiger partial charge is 0.337 e. The fraction of sp³-hybridized carbons (Fsp3) is 0. The molecule has 0 aliphatic carbocycles. The van der Waals surface area contributed by atoms with Crippen molar-refractivity contribution >= 4 is 29.2 Å². The van der Waals surface area contributed by atoms with Crippen LogP contribution < -0.4 is 5.32 Å². The van der Waals surface area contributed by atoms with Gasteiger partial charge in [-0.15, -0.1) is 0 Å². The van der Waals surface area contributed by atoms with Crippen LogP contribution in [0.5, 0.6) is 5.75 Å². The van der Waals surface area contributed by atoms with Crippen molar-refractivity contribution in [1.82, 2.24) is 0 Å². The fourth-order valence-corrected chi connectivity index (χ4v) is 1.82. The van der Waals surface area contributed by atoms with Gasteiger partial charge in [-0.2, -0.15) is 0 Å². The molecule has 0 spiro atoms. The van der Waals surface area contributed by atoms with Crippen LogP contribution in [0.1, 0.15) is 20.7 Å². The number of hydrogen-bond donors (Lipinski definition) is 3. The number of aromatic carboxylic acids is 1. The summed E-state index contributed by atoms with van der Waals surface area (Å²) in [6.45, 7) is 0. The van der Waals surface area contributed by atoms with Crippen LogP contribution in [0, 0.1) is 0 Å². The first-order valence-electron chi connectivity index (χ1n) is 5.60. The standard InChI is InChI=1S/C14H10ClNO4/c15-9-4-5-11(14(19)20)12(7-9)16-13(18)8-2-1-3-10(17)6-8/h1-7,17H,(H,16,18)(H,19,20). The van der Waals surface area contributed by atoms with Crippen molar-refractivity contribution in [1.29, 1.82) is 0 Å². The second-order valence-corrected chi connectivity index (χ2v) is 4.44. The highest BCUT2D eigenvalue weighted by atomic mass is 35.5. The van der Waals surface area contributed by atoms with E-state index >= 15 is 0 Å². The highest BCUT2D eigenvalue weighted by Crippen LogP contribution is 2.22. The average molecular weight is 292 g/mol. The number of nitrogens with one attached hydrogen (secondary N) is 1. The number of rotatable bonds is 3. The number of carboxylic acid groups (broad SMARTS) is 1. The van der Waals surface area contributed by atoms with E-state index in [1.165, 1.54) is 42.5 Å². The Hall–Kier alpha value is -2.53. The number of hydrogen-bond acceptors (Lipinski definition) is 3. The Kier molecular flexibility index (Phi) is 3.91. The number of phenolic OH excluding ortho intramolecular Hbond substituents is 1. The molecule has 20 heavy (non-hydrogen) atoms. The number of aromatic hydroxyl groups is 1. The molecule has 0 saturated heterocycles. The molecule has 0 radical (unpaired) electrons. The minimum atomic E-state index is -1.17. The van der Waals surface area contributed by atoms with Gasteiger partial charge in [0, 0.05) is 10.6 Å². The van der Waals surface area contributed by atoms with E-state index in [1.807, 2.05) is 0 Å². The van der Waals surface area contributed by atoms with Gasteiger partial charge in [-0.1, -0.05) is 17.7 Å². The molecular formula is C14H10ClNO4. The van der Waals surface area contributed by atoms with Gasteiger partial charge in [-0.05, 0) is 36.4 Å². The van der Waals surface area contributed by atoms with Gasteiger partial charge in [0.1, 0.15) is 5.75 Å². The highest BCUT2D eigenvalue weighted by Gasteiger charge is 2.14. The summed E-state index contributed by atoms with van der Waals surface area (Å²) in [7, 11) is 0. The van der Waals surface area contributed by atoms with Crippen molar-refractivity contribution in [2.24, 2.45) is 0 Å². The normalized spacial score (nSPS) is 10.1. The largest absolute Gasteiger partial charge is 0.508 e. The lowest BCUT2D eigenvalue weighted by molar-refractivity contribution is 0.0698. The third kappa shape index (κ3) is 3.07. The van der Waals surface area contributed by atoms with Crippen LogP contribution >= 0.6 is 11.6 Å². The number of benzene rings is 2. The maximum Gasteiger partial charge on any atom is 0.337 e. The van der Waals surface area contributed by atoms with Crippen LogP contribution in [-0.2, 0) is 0 Å². The van der Waals surface area contributed by atoms with Gasteiger partial charge in [0.05, 0.1) is 11.3 Å². The molecular weight excluding hydrogens is 282 g/mol. The molecule has 1 amide bonds. The first-order chi connectivity index (χ1) is 9.47. The monoisotopic (exact) mass is 291 g/mol. The van der Waals surface area contributed by atoms with Gasteiger partial charge < -0.3 is 15.5 Å². The van der Waals surface area contributed by atoms with E-state index in [1.54, 1.807) is 0 Å². The molecule has 0 aliphatic heterocycles. The first-order valence-corrected chi connectivity index (χ1v) is 5.98. The zero-order valence-corrected chi connectivity index (χ0v) is 10.9. The molecule has 0 fully saturated rings. The van der Waals surface area contributed by atoms with Crippen LogP contribution in [0.2, 0.25) is 5.02 Å².